The zero-order valence-corrected chi connectivity index (χ0v) is 16.4. The van der Waals surface area contributed by atoms with Crippen molar-refractivity contribution in [3.05, 3.63) is 35.6 Å². The van der Waals surface area contributed by atoms with Crippen LogP contribution < -0.4 is 5.32 Å². The number of benzene rings is 1. The van der Waals surface area contributed by atoms with Gasteiger partial charge in [0.15, 0.2) is 0 Å². The van der Waals surface area contributed by atoms with E-state index in [0.29, 0.717) is 23.8 Å². The number of piperidine rings is 1. The van der Waals surface area contributed by atoms with Gasteiger partial charge in [-0.1, -0.05) is 13.8 Å². The Morgan fingerprint density at radius 2 is 2.11 bits per heavy atom. The minimum Gasteiger partial charge on any atom is -0.342 e. The van der Waals surface area contributed by atoms with E-state index in [4.69, 9.17) is 0 Å². The minimum absolute atomic E-state index is 0.0154. The normalized spacial score (nSPS) is 18.2. The van der Waals surface area contributed by atoms with Crippen molar-refractivity contribution >= 4 is 28.2 Å². The number of amides is 2. The molecule has 0 bridgehead atoms. The standard InChI is InChI=1S/C20H24FN3O2S/c1-3-13(2)20(26)24-10-4-5-15(11-24)18(25)23-19-17(22-12-27-19)14-6-8-16(21)9-7-14/h6-9,12-13,15H,3-5,10-11H2,1-2H3,(H,23,25)/t13-,15+/m1/s1. The lowest BCUT2D eigenvalue weighted by molar-refractivity contribution is -0.138. The Hall–Kier alpha value is -2.28. The van der Waals surface area contributed by atoms with Crippen molar-refractivity contribution in [3.8, 4) is 11.3 Å². The summed E-state index contributed by atoms with van der Waals surface area (Å²) in [5.41, 5.74) is 3.05. The van der Waals surface area contributed by atoms with Crippen molar-refractivity contribution < 1.29 is 14.0 Å². The van der Waals surface area contributed by atoms with Crippen molar-refractivity contribution in [1.82, 2.24) is 9.88 Å². The van der Waals surface area contributed by atoms with Gasteiger partial charge in [-0.2, -0.15) is 0 Å². The summed E-state index contributed by atoms with van der Waals surface area (Å²) >= 11 is 1.34. The topological polar surface area (TPSA) is 62.3 Å². The number of nitrogens with one attached hydrogen (secondary N) is 1. The Morgan fingerprint density at radius 3 is 2.81 bits per heavy atom. The molecule has 1 aliphatic heterocycles. The molecule has 2 atom stereocenters. The Morgan fingerprint density at radius 1 is 1.37 bits per heavy atom. The van der Waals surface area contributed by atoms with Gasteiger partial charge in [0.05, 0.1) is 11.4 Å². The summed E-state index contributed by atoms with van der Waals surface area (Å²) in [6.07, 6.45) is 2.39. The Kier molecular flexibility index (Phi) is 6.21. The fourth-order valence-electron chi connectivity index (χ4n) is 3.24. The second-order valence-electron chi connectivity index (χ2n) is 6.96. The average molecular weight is 389 g/mol. The van der Waals surface area contributed by atoms with Crippen LogP contribution in [0.3, 0.4) is 0 Å². The lowest BCUT2D eigenvalue weighted by Gasteiger charge is -2.33. The van der Waals surface area contributed by atoms with E-state index in [1.807, 2.05) is 18.7 Å². The first-order valence-corrected chi connectivity index (χ1v) is 10.2. The van der Waals surface area contributed by atoms with Gasteiger partial charge in [-0.05, 0) is 43.5 Å². The van der Waals surface area contributed by atoms with Crippen LogP contribution in [0.25, 0.3) is 11.3 Å². The van der Waals surface area contributed by atoms with Gasteiger partial charge >= 0.3 is 0 Å². The van der Waals surface area contributed by atoms with Crippen molar-refractivity contribution in [2.24, 2.45) is 11.8 Å². The zero-order chi connectivity index (χ0) is 19.4. The number of halogens is 1. The highest BCUT2D eigenvalue weighted by Gasteiger charge is 2.30. The molecule has 0 saturated carbocycles. The molecular formula is C20H24FN3O2S. The van der Waals surface area contributed by atoms with E-state index in [-0.39, 0.29) is 29.5 Å². The lowest BCUT2D eigenvalue weighted by Crippen LogP contribution is -2.45. The van der Waals surface area contributed by atoms with Gasteiger partial charge in [0, 0.05) is 24.6 Å². The number of aromatic nitrogens is 1. The molecule has 1 aromatic carbocycles. The van der Waals surface area contributed by atoms with Crippen molar-refractivity contribution in [3.63, 3.8) is 0 Å². The number of carbonyl (C=O) groups is 2. The van der Waals surface area contributed by atoms with Gasteiger partial charge in [0.1, 0.15) is 16.5 Å². The van der Waals surface area contributed by atoms with E-state index in [1.165, 1.54) is 23.5 Å². The van der Waals surface area contributed by atoms with Crippen LogP contribution in [-0.4, -0.2) is 34.8 Å². The van der Waals surface area contributed by atoms with E-state index in [0.717, 1.165) is 24.8 Å². The first kappa shape index (κ1) is 19.5. The van der Waals surface area contributed by atoms with E-state index in [9.17, 15) is 14.0 Å². The van der Waals surface area contributed by atoms with Crippen LogP contribution in [-0.2, 0) is 9.59 Å². The van der Waals surface area contributed by atoms with Gasteiger partial charge in [0.2, 0.25) is 11.8 Å². The molecule has 1 N–H and O–H groups in total. The molecule has 0 unspecified atom stereocenters. The quantitative estimate of drug-likeness (QED) is 0.835. The van der Waals surface area contributed by atoms with Crippen molar-refractivity contribution in [1.29, 1.82) is 0 Å². The van der Waals surface area contributed by atoms with Crippen LogP contribution in [0, 0.1) is 17.7 Å². The molecule has 1 aliphatic rings. The molecule has 0 aliphatic carbocycles. The highest BCUT2D eigenvalue weighted by atomic mass is 32.1. The number of rotatable bonds is 5. The largest absolute Gasteiger partial charge is 0.342 e. The molecule has 3 rings (SSSR count). The van der Waals surface area contributed by atoms with Gasteiger partial charge in [-0.3, -0.25) is 9.59 Å². The van der Waals surface area contributed by atoms with Crippen LogP contribution in [0.5, 0.6) is 0 Å². The molecule has 2 heterocycles. The number of hydrogen-bond donors (Lipinski definition) is 1. The molecule has 1 aromatic heterocycles. The Bertz CT molecular complexity index is 806. The molecule has 0 radical (unpaired) electrons. The molecule has 5 nitrogen and oxygen atoms in total. The van der Waals surface area contributed by atoms with Gasteiger partial charge in [-0.15, -0.1) is 11.3 Å². The summed E-state index contributed by atoms with van der Waals surface area (Å²) in [6.45, 7) is 5.10. The number of thiazole rings is 1. The smallest absolute Gasteiger partial charge is 0.229 e. The summed E-state index contributed by atoms with van der Waals surface area (Å²) in [5.74, 6) is -0.523. The van der Waals surface area contributed by atoms with Crippen LogP contribution >= 0.6 is 11.3 Å². The molecule has 144 valence electrons. The third-order valence-corrected chi connectivity index (χ3v) is 5.80. The van der Waals surface area contributed by atoms with Crippen molar-refractivity contribution in [2.45, 2.75) is 33.1 Å². The number of likely N-dealkylation sites (tertiary alicyclic amines) is 1. The SMILES string of the molecule is CC[C@@H](C)C(=O)N1CCC[C@H](C(=O)Nc2scnc2-c2ccc(F)cc2)C1. The molecule has 7 heteroatoms. The molecule has 1 saturated heterocycles. The highest BCUT2D eigenvalue weighted by Crippen LogP contribution is 2.31. The van der Waals surface area contributed by atoms with Crippen LogP contribution in [0.15, 0.2) is 29.8 Å². The van der Waals surface area contributed by atoms with Crippen LogP contribution in [0.2, 0.25) is 0 Å². The van der Waals surface area contributed by atoms with Crippen LogP contribution in [0.4, 0.5) is 9.39 Å². The number of anilines is 1. The molecule has 27 heavy (non-hydrogen) atoms. The summed E-state index contributed by atoms with van der Waals surface area (Å²) < 4.78 is 13.1. The maximum atomic E-state index is 13.1. The van der Waals surface area contributed by atoms with Crippen molar-refractivity contribution in [2.75, 3.05) is 18.4 Å². The monoisotopic (exact) mass is 389 g/mol. The summed E-state index contributed by atoms with van der Waals surface area (Å²) in [4.78, 5) is 31.3. The second kappa shape index (κ2) is 8.61. The highest BCUT2D eigenvalue weighted by molar-refractivity contribution is 7.14. The predicted molar refractivity (Wildman–Crippen MR) is 105 cm³/mol. The summed E-state index contributed by atoms with van der Waals surface area (Å²) in [5, 5.41) is 3.61. The molecular weight excluding hydrogens is 365 g/mol. The third kappa shape index (κ3) is 4.53. The number of nitrogens with zero attached hydrogens (tertiary/aromatic N) is 2. The predicted octanol–water partition coefficient (Wildman–Crippen LogP) is 4.17. The first-order chi connectivity index (χ1) is 13.0. The van der Waals surface area contributed by atoms with Gasteiger partial charge in [0.25, 0.3) is 0 Å². The lowest BCUT2D eigenvalue weighted by atomic mass is 9.95. The van der Waals surface area contributed by atoms with E-state index < -0.39 is 0 Å². The third-order valence-electron chi connectivity index (χ3n) is 5.06. The molecule has 0 spiro atoms. The number of hydrogen-bond acceptors (Lipinski definition) is 4. The Balaban J connectivity index is 1.68. The molecule has 2 aromatic rings. The maximum Gasteiger partial charge on any atom is 0.229 e. The first-order valence-electron chi connectivity index (χ1n) is 9.28. The van der Waals surface area contributed by atoms with Gasteiger partial charge < -0.3 is 10.2 Å². The fraction of sp³-hybridized carbons (Fsp3) is 0.450. The molecule has 2 amide bonds. The molecule has 1 fully saturated rings. The zero-order valence-electron chi connectivity index (χ0n) is 15.6. The second-order valence-corrected chi connectivity index (χ2v) is 7.81. The Labute approximate surface area is 162 Å². The fourth-order valence-corrected chi connectivity index (χ4v) is 3.95. The van der Waals surface area contributed by atoms with E-state index >= 15 is 0 Å². The summed E-state index contributed by atoms with van der Waals surface area (Å²) in [7, 11) is 0. The number of carbonyl (C=O) groups excluding carboxylic acids is 2. The average Bonchev–Trinajstić information content (AvgIpc) is 3.15. The van der Waals surface area contributed by atoms with Gasteiger partial charge in [-0.25, -0.2) is 9.37 Å². The summed E-state index contributed by atoms with van der Waals surface area (Å²) in [6, 6.07) is 6.04. The minimum atomic E-state index is -0.312. The maximum absolute atomic E-state index is 13.1. The van der Waals surface area contributed by atoms with E-state index in [1.54, 1.807) is 17.6 Å². The van der Waals surface area contributed by atoms with E-state index in [2.05, 4.69) is 10.3 Å². The van der Waals surface area contributed by atoms with Crippen LogP contribution in [0.1, 0.15) is 33.1 Å².